The van der Waals surface area contributed by atoms with Gasteiger partial charge in [-0.1, -0.05) is 0 Å². The molecule has 15 heteroatoms. The van der Waals surface area contributed by atoms with Crippen molar-refractivity contribution in [3.63, 3.8) is 0 Å². The first-order valence-corrected chi connectivity index (χ1v) is 17.1. The van der Waals surface area contributed by atoms with Crippen molar-refractivity contribution < 1.29 is 42.5 Å². The van der Waals surface area contributed by atoms with E-state index in [1.54, 1.807) is 46.4 Å². The Balaban J connectivity index is 2.15. The number of hydrogen-bond acceptors (Lipinski definition) is 11. The maximum Gasteiger partial charge on any atom is 0.410 e. The monoisotopic (exact) mass is 696 g/mol. The molecule has 2 atom stereocenters. The van der Waals surface area contributed by atoms with Crippen LogP contribution in [-0.2, 0) is 23.7 Å². The number of rotatable bonds is 12. The molecule has 1 aliphatic rings. The lowest BCUT2D eigenvalue weighted by molar-refractivity contribution is -0.128. The molecule has 0 saturated carbocycles. The number of nitrogens with zero attached hydrogens (tertiary/aromatic N) is 3. The van der Waals surface area contributed by atoms with Gasteiger partial charge in [-0.25, -0.2) is 14.4 Å². The smallest absolute Gasteiger partial charge is 0.410 e. The van der Waals surface area contributed by atoms with Crippen molar-refractivity contribution in [2.45, 2.75) is 150 Å². The third-order valence-corrected chi connectivity index (χ3v) is 6.85. The molecule has 0 aliphatic carbocycles. The van der Waals surface area contributed by atoms with E-state index in [0.29, 0.717) is 51.7 Å². The van der Waals surface area contributed by atoms with E-state index < -0.39 is 52.8 Å². The number of alkyl carbamates (subject to hydrolysis) is 2. The minimum absolute atomic E-state index is 0.0636. The highest BCUT2D eigenvalue weighted by Gasteiger charge is 2.33. The Morgan fingerprint density at radius 3 is 1.80 bits per heavy atom. The van der Waals surface area contributed by atoms with Crippen LogP contribution in [0.25, 0.3) is 0 Å². The second kappa shape index (κ2) is 17.3. The largest absolute Gasteiger partial charge is 0.444 e. The van der Waals surface area contributed by atoms with Gasteiger partial charge in [0, 0.05) is 25.6 Å². The molecule has 4 amide bonds. The summed E-state index contributed by atoms with van der Waals surface area (Å²) in [5.41, 5.74) is -2.45. The summed E-state index contributed by atoms with van der Waals surface area (Å²) in [6.45, 7) is 23.0. The van der Waals surface area contributed by atoms with Gasteiger partial charge in [0.25, 0.3) is 0 Å². The molecule has 1 aliphatic heterocycles. The van der Waals surface area contributed by atoms with Gasteiger partial charge in [0.15, 0.2) is 0 Å². The third-order valence-electron chi connectivity index (χ3n) is 6.85. The minimum atomic E-state index is -0.767. The Labute approximate surface area is 291 Å². The Morgan fingerprint density at radius 2 is 1.27 bits per heavy atom. The van der Waals surface area contributed by atoms with Crippen LogP contribution in [-0.4, -0.2) is 87.9 Å². The molecule has 15 nitrogen and oxygen atoms in total. The summed E-state index contributed by atoms with van der Waals surface area (Å²) >= 11 is 0. The number of nitrogens with one attached hydrogen (secondary N) is 3. The highest BCUT2D eigenvalue weighted by Crippen LogP contribution is 2.25. The predicted octanol–water partition coefficient (Wildman–Crippen LogP) is 5.95. The van der Waals surface area contributed by atoms with E-state index in [9.17, 15) is 19.2 Å². The first-order chi connectivity index (χ1) is 22.4. The van der Waals surface area contributed by atoms with E-state index in [0.717, 1.165) is 0 Å². The summed E-state index contributed by atoms with van der Waals surface area (Å²) in [6, 6.07) is -1.47. The average molecular weight is 697 g/mol. The second-order valence-electron chi connectivity index (χ2n) is 16.3. The quantitative estimate of drug-likeness (QED) is 0.173. The highest BCUT2D eigenvalue weighted by molar-refractivity contribution is 5.79. The van der Waals surface area contributed by atoms with Crippen LogP contribution >= 0.6 is 0 Å². The first-order valence-electron chi connectivity index (χ1n) is 17.1. The van der Waals surface area contributed by atoms with Crippen LogP contribution in [0.2, 0.25) is 0 Å². The summed E-state index contributed by atoms with van der Waals surface area (Å²) in [4.78, 5) is 52.3. The lowest BCUT2D eigenvalue weighted by Gasteiger charge is -2.33. The van der Waals surface area contributed by atoms with Crippen molar-refractivity contribution in [1.29, 1.82) is 0 Å². The molecule has 0 radical (unpaired) electrons. The van der Waals surface area contributed by atoms with Gasteiger partial charge >= 0.3 is 18.3 Å². The number of ether oxygens (including phenoxy) is 4. The van der Waals surface area contributed by atoms with E-state index >= 15 is 0 Å². The van der Waals surface area contributed by atoms with Crippen LogP contribution in [0.15, 0.2) is 4.42 Å². The van der Waals surface area contributed by atoms with Gasteiger partial charge in [0.05, 0.1) is 12.2 Å². The number of likely N-dealkylation sites (tertiary alicyclic amines) is 1. The summed E-state index contributed by atoms with van der Waals surface area (Å²) in [5.74, 6) is -0.288. The lowest BCUT2D eigenvalue weighted by Crippen LogP contribution is -2.46. The van der Waals surface area contributed by atoms with Crippen LogP contribution in [0.5, 0.6) is 0 Å². The van der Waals surface area contributed by atoms with Gasteiger partial charge in [-0.3, -0.25) is 4.79 Å². The number of unbranched alkanes of at least 4 members (excludes halogenated alkanes) is 1. The molecule has 49 heavy (non-hydrogen) atoms. The molecule has 280 valence electrons. The van der Waals surface area contributed by atoms with Crippen molar-refractivity contribution in [2.24, 2.45) is 5.92 Å². The van der Waals surface area contributed by atoms with E-state index in [4.69, 9.17) is 23.4 Å². The molecule has 1 saturated heterocycles. The van der Waals surface area contributed by atoms with Gasteiger partial charge in [-0.15, -0.1) is 10.2 Å². The van der Waals surface area contributed by atoms with Gasteiger partial charge < -0.3 is 44.2 Å². The van der Waals surface area contributed by atoms with Crippen molar-refractivity contribution in [1.82, 2.24) is 31.0 Å². The summed E-state index contributed by atoms with van der Waals surface area (Å²) in [6.07, 6.45) is 0.980. The molecule has 1 aromatic heterocycles. The molecule has 2 rings (SSSR count). The zero-order valence-corrected chi connectivity index (χ0v) is 31.6. The molecule has 0 spiro atoms. The van der Waals surface area contributed by atoms with Crippen LogP contribution < -0.4 is 16.0 Å². The van der Waals surface area contributed by atoms with Crippen molar-refractivity contribution in [2.75, 3.05) is 26.2 Å². The third kappa shape index (κ3) is 17.0. The molecule has 2 heterocycles. The number of carbonyl (C=O) groups excluding carboxylic acids is 4. The topological polar surface area (TPSA) is 183 Å². The fourth-order valence-corrected chi connectivity index (χ4v) is 4.66. The standard InChI is InChI=1S/C34H60N6O9/c1-31(2,3)45-21-24(36-25(41)22-16-19-40(20-17-22)30(44)49-34(10,11)12)27-39-38-26(46-27)23(37-29(43)48-33(7,8)9)15-13-14-18-35-28(42)47-32(4,5)6/h22-24H,13-21H2,1-12H3,(H,35,42)(H,36,41)(H,37,43)/t23-,24-/m0/s1. The maximum atomic E-state index is 13.5. The fourth-order valence-electron chi connectivity index (χ4n) is 4.66. The van der Waals surface area contributed by atoms with Gasteiger partial charge in [-0.2, -0.15) is 0 Å². The Bertz CT molecular complexity index is 1230. The fraction of sp³-hybridized carbons (Fsp3) is 0.824. The molecule has 0 aromatic carbocycles. The molecular weight excluding hydrogens is 636 g/mol. The van der Waals surface area contributed by atoms with Crippen LogP contribution in [0.3, 0.4) is 0 Å². The van der Waals surface area contributed by atoms with E-state index in [2.05, 4.69) is 26.1 Å². The van der Waals surface area contributed by atoms with Crippen molar-refractivity contribution in [3.05, 3.63) is 11.8 Å². The Morgan fingerprint density at radius 1 is 0.735 bits per heavy atom. The Hall–Kier alpha value is -3.62. The molecule has 1 fully saturated rings. The van der Waals surface area contributed by atoms with E-state index in [1.165, 1.54) is 0 Å². The van der Waals surface area contributed by atoms with E-state index in [-0.39, 0.29) is 30.2 Å². The number of hydrogen-bond donors (Lipinski definition) is 3. The molecular formula is C34H60N6O9. The van der Waals surface area contributed by atoms with Gasteiger partial charge in [0.2, 0.25) is 17.7 Å². The van der Waals surface area contributed by atoms with E-state index in [1.807, 2.05) is 41.5 Å². The van der Waals surface area contributed by atoms with Crippen LogP contribution in [0.1, 0.15) is 139 Å². The molecule has 0 unspecified atom stereocenters. The number of piperidine rings is 1. The van der Waals surface area contributed by atoms with Gasteiger partial charge in [-0.05, 0) is 115 Å². The van der Waals surface area contributed by atoms with Crippen LogP contribution in [0, 0.1) is 5.92 Å². The molecule has 3 N–H and O–H groups in total. The molecule has 1 aromatic rings. The highest BCUT2D eigenvalue weighted by atomic mass is 16.6. The maximum absolute atomic E-state index is 13.5. The summed E-state index contributed by atoms with van der Waals surface area (Å²) < 4.78 is 28.3. The number of carbonyl (C=O) groups is 4. The lowest BCUT2D eigenvalue weighted by atomic mass is 9.96. The van der Waals surface area contributed by atoms with Gasteiger partial charge in [0.1, 0.15) is 28.9 Å². The zero-order valence-electron chi connectivity index (χ0n) is 31.6. The zero-order chi connectivity index (χ0) is 37.2. The second-order valence-corrected chi connectivity index (χ2v) is 16.3. The summed E-state index contributed by atoms with van der Waals surface area (Å²) in [7, 11) is 0. The normalized spacial score (nSPS) is 16.0. The SMILES string of the molecule is CC(C)(C)OC[C@H](NC(=O)C1CCN(C(=O)OC(C)(C)C)CC1)c1nnc([C@H](CCCCNC(=O)OC(C)(C)C)NC(=O)OC(C)(C)C)o1. The number of aromatic nitrogens is 2. The van der Waals surface area contributed by atoms with Crippen LogP contribution in [0.4, 0.5) is 14.4 Å². The van der Waals surface area contributed by atoms with Crippen molar-refractivity contribution >= 4 is 24.2 Å². The Kier molecular flexibility index (Phi) is 14.7. The average Bonchev–Trinajstić information content (AvgIpc) is 3.41. The first kappa shape index (κ1) is 41.6. The minimum Gasteiger partial charge on any atom is -0.444 e. The summed E-state index contributed by atoms with van der Waals surface area (Å²) in [5, 5.41) is 17.0. The number of amides is 4. The van der Waals surface area contributed by atoms with Crippen molar-refractivity contribution in [3.8, 4) is 0 Å². The molecule has 0 bridgehead atoms. The predicted molar refractivity (Wildman–Crippen MR) is 182 cm³/mol.